The summed E-state index contributed by atoms with van der Waals surface area (Å²) >= 11 is 3.47. The molecule has 4 nitrogen and oxygen atoms in total. The maximum atomic E-state index is 12.4. The summed E-state index contributed by atoms with van der Waals surface area (Å²) < 4.78 is 11.4. The van der Waals surface area contributed by atoms with Crippen LogP contribution in [-0.2, 0) is 14.3 Å². The molecule has 5 heteroatoms. The monoisotopic (exact) mass is 343 g/mol. The van der Waals surface area contributed by atoms with E-state index in [-0.39, 0.29) is 5.97 Å². The van der Waals surface area contributed by atoms with Gasteiger partial charge in [0.2, 0.25) is 0 Å². The van der Waals surface area contributed by atoms with Gasteiger partial charge in [-0.3, -0.25) is 5.32 Å². The largest absolute Gasteiger partial charge is 0.459 e. The second-order valence-electron chi connectivity index (χ2n) is 5.43. The van der Waals surface area contributed by atoms with E-state index in [0.29, 0.717) is 13.2 Å². The highest BCUT2D eigenvalue weighted by atomic mass is 79.9. The first kappa shape index (κ1) is 17.1. The van der Waals surface area contributed by atoms with E-state index in [1.54, 1.807) is 7.11 Å². The van der Waals surface area contributed by atoms with Crippen molar-refractivity contribution in [3.63, 3.8) is 0 Å². The molecule has 0 bridgehead atoms. The van der Waals surface area contributed by atoms with Crippen LogP contribution in [0.4, 0.5) is 0 Å². The molecule has 1 aromatic rings. The number of halogens is 1. The third-order valence-corrected chi connectivity index (χ3v) is 3.24. The first-order valence-electron chi connectivity index (χ1n) is 6.55. The van der Waals surface area contributed by atoms with Crippen molar-refractivity contribution >= 4 is 21.9 Å². The molecule has 20 heavy (non-hydrogen) atoms. The summed E-state index contributed by atoms with van der Waals surface area (Å²) in [5.41, 5.74) is 0.345. The predicted octanol–water partition coefficient (Wildman–Crippen LogP) is 3.07. The van der Waals surface area contributed by atoms with Crippen LogP contribution in [0.25, 0.3) is 0 Å². The highest BCUT2D eigenvalue weighted by Gasteiger charge is 2.27. The van der Waals surface area contributed by atoms with E-state index in [4.69, 9.17) is 9.47 Å². The lowest BCUT2D eigenvalue weighted by atomic mass is 10.1. The standard InChI is InChI=1S/C15H22BrNO3/c1-15(2,3)20-14(18)13(17-9-10-19-4)11-7-5-6-8-12(11)16/h5-8,13,17H,9-10H2,1-4H3. The van der Waals surface area contributed by atoms with Gasteiger partial charge in [-0.25, -0.2) is 4.79 Å². The van der Waals surface area contributed by atoms with Gasteiger partial charge in [-0.1, -0.05) is 34.1 Å². The highest BCUT2D eigenvalue weighted by Crippen LogP contribution is 2.25. The summed E-state index contributed by atoms with van der Waals surface area (Å²) in [4.78, 5) is 12.4. The fourth-order valence-electron chi connectivity index (χ4n) is 1.70. The third kappa shape index (κ3) is 5.61. The summed E-state index contributed by atoms with van der Waals surface area (Å²) in [6.07, 6.45) is 0. The summed E-state index contributed by atoms with van der Waals surface area (Å²) in [5.74, 6) is -0.291. The van der Waals surface area contributed by atoms with Gasteiger partial charge in [-0.2, -0.15) is 0 Å². The zero-order chi connectivity index (χ0) is 15.2. The van der Waals surface area contributed by atoms with Crippen molar-refractivity contribution in [2.24, 2.45) is 0 Å². The van der Waals surface area contributed by atoms with Crippen molar-refractivity contribution < 1.29 is 14.3 Å². The van der Waals surface area contributed by atoms with Crippen LogP contribution in [0, 0.1) is 0 Å². The van der Waals surface area contributed by atoms with E-state index < -0.39 is 11.6 Å². The molecule has 0 radical (unpaired) electrons. The van der Waals surface area contributed by atoms with Crippen LogP contribution in [0.3, 0.4) is 0 Å². The van der Waals surface area contributed by atoms with E-state index in [0.717, 1.165) is 10.0 Å². The van der Waals surface area contributed by atoms with Gasteiger partial charge in [0.15, 0.2) is 0 Å². The predicted molar refractivity (Wildman–Crippen MR) is 82.6 cm³/mol. The number of ether oxygens (including phenoxy) is 2. The van der Waals surface area contributed by atoms with E-state index in [1.807, 2.05) is 45.0 Å². The van der Waals surface area contributed by atoms with Crippen LogP contribution < -0.4 is 5.32 Å². The molecule has 0 aliphatic heterocycles. The Morgan fingerprint density at radius 2 is 2.00 bits per heavy atom. The van der Waals surface area contributed by atoms with Crippen LogP contribution in [0.15, 0.2) is 28.7 Å². The number of nitrogens with one attached hydrogen (secondary N) is 1. The lowest BCUT2D eigenvalue weighted by Gasteiger charge is -2.25. The van der Waals surface area contributed by atoms with Gasteiger partial charge < -0.3 is 9.47 Å². The Hall–Kier alpha value is -0.910. The second-order valence-corrected chi connectivity index (χ2v) is 6.29. The molecule has 0 fully saturated rings. The van der Waals surface area contributed by atoms with Gasteiger partial charge in [-0.15, -0.1) is 0 Å². The molecule has 1 atom stereocenters. The number of benzene rings is 1. The molecule has 0 amide bonds. The molecular formula is C15H22BrNO3. The smallest absolute Gasteiger partial charge is 0.328 e. The van der Waals surface area contributed by atoms with Crippen LogP contribution in [-0.4, -0.2) is 31.8 Å². The summed E-state index contributed by atoms with van der Waals surface area (Å²) in [5, 5.41) is 3.17. The normalized spacial score (nSPS) is 13.1. The fraction of sp³-hybridized carbons (Fsp3) is 0.533. The molecule has 0 saturated carbocycles. The first-order chi connectivity index (χ1) is 9.35. The number of rotatable bonds is 6. The molecular weight excluding hydrogens is 322 g/mol. The zero-order valence-electron chi connectivity index (χ0n) is 12.4. The Balaban J connectivity index is 2.90. The Bertz CT molecular complexity index is 443. The van der Waals surface area contributed by atoms with Gasteiger partial charge in [0.1, 0.15) is 11.6 Å². The van der Waals surface area contributed by atoms with Crippen molar-refractivity contribution in [2.45, 2.75) is 32.4 Å². The molecule has 0 spiro atoms. The van der Waals surface area contributed by atoms with E-state index in [9.17, 15) is 4.79 Å². The second kappa shape index (κ2) is 7.76. The molecule has 0 heterocycles. The van der Waals surface area contributed by atoms with Crippen LogP contribution in [0.2, 0.25) is 0 Å². The molecule has 1 aromatic carbocycles. The van der Waals surface area contributed by atoms with Crippen molar-refractivity contribution in [2.75, 3.05) is 20.3 Å². The lowest BCUT2D eigenvalue weighted by Crippen LogP contribution is -2.36. The third-order valence-electron chi connectivity index (χ3n) is 2.51. The van der Waals surface area contributed by atoms with Gasteiger partial charge in [0.05, 0.1) is 6.61 Å². The Kier molecular flexibility index (Phi) is 6.65. The molecule has 1 N–H and O–H groups in total. The van der Waals surface area contributed by atoms with Gasteiger partial charge in [-0.05, 0) is 32.4 Å². The van der Waals surface area contributed by atoms with Crippen molar-refractivity contribution in [3.8, 4) is 0 Å². The Morgan fingerprint density at radius 3 is 2.55 bits per heavy atom. The lowest BCUT2D eigenvalue weighted by molar-refractivity contribution is -0.157. The quantitative estimate of drug-likeness (QED) is 0.636. The number of esters is 1. The summed E-state index contributed by atoms with van der Waals surface area (Å²) in [6.45, 7) is 6.68. The first-order valence-corrected chi connectivity index (χ1v) is 7.34. The van der Waals surface area contributed by atoms with E-state index >= 15 is 0 Å². The topological polar surface area (TPSA) is 47.6 Å². The van der Waals surface area contributed by atoms with Crippen molar-refractivity contribution in [3.05, 3.63) is 34.3 Å². The number of carbonyl (C=O) groups excluding carboxylic acids is 1. The average Bonchev–Trinajstić information content (AvgIpc) is 2.34. The summed E-state index contributed by atoms with van der Waals surface area (Å²) in [7, 11) is 1.63. The van der Waals surface area contributed by atoms with Gasteiger partial charge in [0, 0.05) is 18.1 Å². The van der Waals surface area contributed by atoms with Crippen LogP contribution in [0.5, 0.6) is 0 Å². The molecule has 1 rings (SSSR count). The van der Waals surface area contributed by atoms with Gasteiger partial charge >= 0.3 is 5.97 Å². The minimum absolute atomic E-state index is 0.291. The minimum atomic E-state index is -0.514. The average molecular weight is 344 g/mol. The zero-order valence-corrected chi connectivity index (χ0v) is 14.0. The maximum Gasteiger partial charge on any atom is 0.328 e. The number of methoxy groups -OCH3 is 1. The molecule has 112 valence electrons. The number of hydrogen-bond acceptors (Lipinski definition) is 4. The number of hydrogen-bond donors (Lipinski definition) is 1. The number of carbonyl (C=O) groups is 1. The molecule has 0 aromatic heterocycles. The maximum absolute atomic E-state index is 12.4. The molecule has 0 aliphatic rings. The Morgan fingerprint density at radius 1 is 1.35 bits per heavy atom. The Labute approximate surface area is 129 Å². The van der Waals surface area contributed by atoms with E-state index in [2.05, 4.69) is 21.2 Å². The SMILES string of the molecule is COCCNC(C(=O)OC(C)(C)C)c1ccccc1Br. The van der Waals surface area contributed by atoms with Crippen molar-refractivity contribution in [1.82, 2.24) is 5.32 Å². The van der Waals surface area contributed by atoms with Crippen molar-refractivity contribution in [1.29, 1.82) is 0 Å². The van der Waals surface area contributed by atoms with E-state index in [1.165, 1.54) is 0 Å². The summed E-state index contributed by atoms with van der Waals surface area (Å²) in [6, 6.07) is 7.10. The fourth-order valence-corrected chi connectivity index (χ4v) is 2.21. The van der Waals surface area contributed by atoms with Gasteiger partial charge in [0.25, 0.3) is 0 Å². The molecule has 0 aliphatic carbocycles. The van der Waals surface area contributed by atoms with Crippen LogP contribution in [0.1, 0.15) is 32.4 Å². The molecule has 0 saturated heterocycles. The molecule has 1 unspecified atom stereocenters. The van der Waals surface area contributed by atoms with Crippen LogP contribution >= 0.6 is 15.9 Å². The minimum Gasteiger partial charge on any atom is -0.459 e. The highest BCUT2D eigenvalue weighted by molar-refractivity contribution is 9.10.